The molecule has 6 aromatic rings. The van der Waals surface area contributed by atoms with Crippen molar-refractivity contribution in [3.8, 4) is 0 Å². The molecule has 0 radical (unpaired) electrons. The quantitative estimate of drug-likeness (QED) is 0.158. The number of rotatable bonds is 0. The van der Waals surface area contributed by atoms with Crippen LogP contribution in [0.1, 0.15) is 137 Å². The minimum absolute atomic E-state index is 0.112. The number of fused-ring (bicyclic) bond motifs is 3. The van der Waals surface area contributed by atoms with Crippen LogP contribution in [0.5, 0.6) is 0 Å². The molecule has 3 heteroatoms. The molecule has 0 spiro atoms. The molecule has 6 rings (SSSR count). The summed E-state index contributed by atoms with van der Waals surface area (Å²) >= 11 is 0. The van der Waals surface area contributed by atoms with Crippen LogP contribution in [0.4, 0.5) is 0 Å². The van der Waals surface area contributed by atoms with Gasteiger partial charge in [-0.25, -0.2) is 0 Å². The number of hydrogen-bond donors (Lipinski definition) is 0. The standard InChI is InChI=1S/C13H15N.2C9H7N.2C5H12.4C2H6/c1-13(2,3)12-11-7-5-4-6-10(11)8-9-14-12;2*1-2-6-9-8(4-1)5-3-7-10-9;2*1-5(2,3)4;4*1-2/h4-9H,1-3H3;2*1-7H;2*1-4H3;4*1-2H3. The third kappa shape index (κ3) is 26.7. The number of hydrogen-bond acceptors (Lipinski definition) is 3. The maximum atomic E-state index is 4.48. The van der Waals surface area contributed by atoms with Crippen molar-refractivity contribution in [1.82, 2.24) is 15.0 Å². The molecule has 0 bridgehead atoms. The highest BCUT2D eigenvalue weighted by Gasteiger charge is 2.17. The minimum Gasteiger partial charge on any atom is -0.260 e. The molecule has 0 N–H and O–H groups in total. The first-order valence-electron chi connectivity index (χ1n) is 19.5. The van der Waals surface area contributed by atoms with E-state index >= 15 is 0 Å². The zero-order chi connectivity index (χ0) is 40.8. The topological polar surface area (TPSA) is 38.7 Å². The Labute approximate surface area is 321 Å². The third-order valence-electron chi connectivity index (χ3n) is 5.41. The van der Waals surface area contributed by atoms with Gasteiger partial charge in [-0.15, -0.1) is 0 Å². The van der Waals surface area contributed by atoms with Gasteiger partial charge < -0.3 is 0 Å². The van der Waals surface area contributed by atoms with Gasteiger partial charge in [-0.1, -0.05) is 204 Å². The van der Waals surface area contributed by atoms with Gasteiger partial charge in [0.05, 0.1) is 16.7 Å². The van der Waals surface area contributed by atoms with Crippen LogP contribution in [0, 0.1) is 10.8 Å². The number of nitrogens with zero attached hydrogens (tertiary/aromatic N) is 3. The van der Waals surface area contributed by atoms with Crippen molar-refractivity contribution in [2.24, 2.45) is 10.8 Å². The van der Waals surface area contributed by atoms with E-state index in [1.54, 1.807) is 0 Å². The molecular formula is C49H77N3. The van der Waals surface area contributed by atoms with E-state index in [4.69, 9.17) is 0 Å². The number of aromatic nitrogens is 3. The molecule has 0 aliphatic rings. The molecule has 52 heavy (non-hydrogen) atoms. The van der Waals surface area contributed by atoms with Crippen molar-refractivity contribution in [2.75, 3.05) is 0 Å². The Bertz CT molecular complexity index is 1450. The first kappa shape index (κ1) is 52.3. The summed E-state index contributed by atoms with van der Waals surface area (Å²) in [5.41, 5.74) is 4.41. The summed E-state index contributed by atoms with van der Waals surface area (Å²) in [6.07, 6.45) is 5.51. The number of benzene rings is 3. The molecule has 0 aliphatic heterocycles. The molecule has 0 aliphatic carbocycles. The maximum Gasteiger partial charge on any atom is 0.0701 e. The summed E-state index contributed by atoms with van der Waals surface area (Å²) in [5.74, 6) is 0. The van der Waals surface area contributed by atoms with Crippen LogP contribution in [-0.2, 0) is 5.41 Å². The molecule has 0 saturated carbocycles. The van der Waals surface area contributed by atoms with Gasteiger partial charge >= 0.3 is 0 Å². The van der Waals surface area contributed by atoms with Crippen molar-refractivity contribution < 1.29 is 0 Å². The van der Waals surface area contributed by atoms with Gasteiger partial charge in [0.25, 0.3) is 0 Å². The van der Waals surface area contributed by atoms with E-state index in [9.17, 15) is 0 Å². The van der Waals surface area contributed by atoms with Crippen LogP contribution < -0.4 is 0 Å². The molecule has 3 heterocycles. The molecule has 3 nitrogen and oxygen atoms in total. The van der Waals surface area contributed by atoms with Crippen LogP contribution in [0.3, 0.4) is 0 Å². The zero-order valence-electron chi connectivity index (χ0n) is 36.9. The average Bonchev–Trinajstić information content (AvgIpc) is 3.14. The summed E-state index contributed by atoms with van der Waals surface area (Å²) in [4.78, 5) is 12.8. The summed E-state index contributed by atoms with van der Waals surface area (Å²) < 4.78 is 0. The lowest BCUT2D eigenvalue weighted by Crippen LogP contribution is -2.13. The highest BCUT2D eigenvalue weighted by Crippen LogP contribution is 2.27. The Morgan fingerprint density at radius 1 is 0.327 bits per heavy atom. The van der Waals surface area contributed by atoms with E-state index in [0.717, 1.165) is 11.0 Å². The van der Waals surface area contributed by atoms with Gasteiger partial charge in [0.2, 0.25) is 0 Å². The lowest BCUT2D eigenvalue weighted by atomic mass is 9.88. The highest BCUT2D eigenvalue weighted by molar-refractivity contribution is 5.85. The Morgan fingerprint density at radius 2 is 0.635 bits per heavy atom. The Kier molecular flexibility index (Phi) is 29.6. The second-order valence-electron chi connectivity index (χ2n) is 15.0. The summed E-state index contributed by atoms with van der Waals surface area (Å²) in [5, 5.41) is 4.94. The Hall–Kier alpha value is -4.11. The maximum absolute atomic E-state index is 4.48. The van der Waals surface area contributed by atoms with Crippen LogP contribution in [-0.4, -0.2) is 15.0 Å². The number of para-hydroxylation sites is 2. The van der Waals surface area contributed by atoms with E-state index in [2.05, 4.69) is 146 Å². The SMILES string of the molecule is CC.CC.CC.CC.CC(C)(C)C.CC(C)(C)C.CC(C)(C)c1nccc2ccccc12.c1ccc2ncccc2c1.c1ccc2ncccc2c1. The molecule has 0 fully saturated rings. The van der Waals surface area contributed by atoms with Gasteiger partial charge in [0, 0.05) is 40.2 Å². The summed E-state index contributed by atoms with van der Waals surface area (Å²) in [7, 11) is 0. The van der Waals surface area contributed by atoms with Crippen molar-refractivity contribution in [1.29, 1.82) is 0 Å². The van der Waals surface area contributed by atoms with Gasteiger partial charge in [0.15, 0.2) is 0 Å². The van der Waals surface area contributed by atoms with E-state index in [0.29, 0.717) is 10.8 Å². The molecule has 0 amide bonds. The van der Waals surface area contributed by atoms with Gasteiger partial charge in [-0.2, -0.15) is 0 Å². The van der Waals surface area contributed by atoms with E-state index in [-0.39, 0.29) is 5.41 Å². The van der Waals surface area contributed by atoms with Crippen molar-refractivity contribution in [3.05, 3.63) is 127 Å². The van der Waals surface area contributed by atoms with Crippen molar-refractivity contribution >= 4 is 32.6 Å². The normalized spacial score (nSPS) is 9.83. The van der Waals surface area contributed by atoms with Gasteiger partial charge in [-0.3, -0.25) is 15.0 Å². The van der Waals surface area contributed by atoms with Crippen molar-refractivity contribution in [3.63, 3.8) is 0 Å². The Morgan fingerprint density at radius 3 is 0.981 bits per heavy atom. The van der Waals surface area contributed by atoms with Crippen LogP contribution in [0.25, 0.3) is 32.6 Å². The first-order chi connectivity index (χ1) is 24.5. The van der Waals surface area contributed by atoms with Gasteiger partial charge in [-0.05, 0) is 46.5 Å². The fourth-order valence-corrected chi connectivity index (χ4v) is 3.75. The van der Waals surface area contributed by atoms with Crippen LogP contribution in [0.2, 0.25) is 0 Å². The molecule has 0 atom stereocenters. The number of pyridine rings is 3. The fourth-order valence-electron chi connectivity index (χ4n) is 3.75. The lowest BCUT2D eigenvalue weighted by Gasteiger charge is -2.19. The monoisotopic (exact) mass is 708 g/mol. The zero-order valence-corrected chi connectivity index (χ0v) is 36.9. The molecule has 3 aromatic carbocycles. The Balaban J connectivity index is -0.000000573. The van der Waals surface area contributed by atoms with Crippen molar-refractivity contribution in [2.45, 2.75) is 137 Å². The lowest BCUT2D eigenvalue weighted by molar-refractivity contribution is 0.469. The predicted molar refractivity (Wildman–Crippen MR) is 240 cm³/mol. The second kappa shape index (κ2) is 29.5. The largest absolute Gasteiger partial charge is 0.260 e. The average molecular weight is 708 g/mol. The van der Waals surface area contributed by atoms with E-state index < -0.39 is 0 Å². The molecule has 0 saturated heterocycles. The molecular weight excluding hydrogens is 631 g/mol. The predicted octanol–water partition coefficient (Wildman–Crippen LogP) is 16.2. The summed E-state index contributed by atoms with van der Waals surface area (Å²) in [6.45, 7) is 40.1. The highest BCUT2D eigenvalue weighted by atomic mass is 14.7. The second-order valence-corrected chi connectivity index (χ2v) is 15.0. The molecule has 288 valence electrons. The first-order valence-corrected chi connectivity index (χ1v) is 19.5. The minimum atomic E-state index is 0.112. The summed E-state index contributed by atoms with van der Waals surface area (Å²) in [6, 6.07) is 34.6. The van der Waals surface area contributed by atoms with Crippen LogP contribution >= 0.6 is 0 Å². The smallest absolute Gasteiger partial charge is 0.0701 e. The van der Waals surface area contributed by atoms with Gasteiger partial charge in [0.1, 0.15) is 0 Å². The third-order valence-corrected chi connectivity index (χ3v) is 5.41. The van der Waals surface area contributed by atoms with E-state index in [1.807, 2.05) is 123 Å². The van der Waals surface area contributed by atoms with E-state index in [1.165, 1.54) is 27.2 Å². The molecule has 0 unspecified atom stereocenters. The van der Waals surface area contributed by atoms with Crippen LogP contribution in [0.15, 0.2) is 122 Å². The molecule has 3 aromatic heterocycles. The fraction of sp³-hybridized carbons (Fsp3) is 0.449.